The molecule has 106 valence electrons. The molecular formula is C17H17N3O. The van der Waals surface area contributed by atoms with Crippen molar-refractivity contribution in [3.63, 3.8) is 0 Å². The summed E-state index contributed by atoms with van der Waals surface area (Å²) < 4.78 is 0. The van der Waals surface area contributed by atoms with E-state index in [-0.39, 0.29) is 5.91 Å². The summed E-state index contributed by atoms with van der Waals surface area (Å²) in [4.78, 5) is 12.3. The average Bonchev–Trinajstić information content (AvgIpc) is 2.50. The predicted molar refractivity (Wildman–Crippen MR) is 84.3 cm³/mol. The van der Waals surface area contributed by atoms with Crippen LogP contribution in [0.2, 0.25) is 0 Å². The number of hydrogen-bond acceptors (Lipinski definition) is 3. The maximum Gasteiger partial charge on any atom is 0.257 e. The summed E-state index contributed by atoms with van der Waals surface area (Å²) in [5.74, 6) is -0.153. The number of rotatable bonds is 5. The average molecular weight is 279 g/mol. The van der Waals surface area contributed by atoms with Gasteiger partial charge in [-0.2, -0.15) is 5.26 Å². The monoisotopic (exact) mass is 279 g/mol. The molecule has 0 aromatic heterocycles. The maximum absolute atomic E-state index is 12.3. The molecule has 1 amide bonds. The van der Waals surface area contributed by atoms with E-state index in [4.69, 9.17) is 5.26 Å². The Morgan fingerprint density at radius 3 is 2.52 bits per heavy atom. The van der Waals surface area contributed by atoms with Crippen LogP contribution in [-0.4, -0.2) is 12.5 Å². The quantitative estimate of drug-likeness (QED) is 0.881. The lowest BCUT2D eigenvalue weighted by Gasteiger charge is -2.11. The first-order valence-electron chi connectivity index (χ1n) is 6.84. The Balaban J connectivity index is 2.13. The van der Waals surface area contributed by atoms with E-state index in [1.807, 2.05) is 37.3 Å². The molecule has 2 aromatic carbocycles. The Morgan fingerprint density at radius 1 is 1.14 bits per heavy atom. The van der Waals surface area contributed by atoms with Gasteiger partial charge in [0.2, 0.25) is 0 Å². The van der Waals surface area contributed by atoms with E-state index in [0.717, 1.165) is 17.8 Å². The van der Waals surface area contributed by atoms with Crippen LogP contribution in [-0.2, 0) is 6.42 Å². The Morgan fingerprint density at radius 2 is 1.86 bits per heavy atom. The van der Waals surface area contributed by atoms with Gasteiger partial charge in [-0.15, -0.1) is 0 Å². The summed E-state index contributed by atoms with van der Waals surface area (Å²) in [6.45, 7) is 2.75. The minimum Gasteiger partial charge on any atom is -0.385 e. The number of amides is 1. The highest BCUT2D eigenvalue weighted by molar-refractivity contribution is 6.08. The Kier molecular flexibility index (Phi) is 4.94. The van der Waals surface area contributed by atoms with E-state index < -0.39 is 0 Å². The molecule has 21 heavy (non-hydrogen) atoms. The van der Waals surface area contributed by atoms with Crippen LogP contribution in [0.5, 0.6) is 0 Å². The van der Waals surface area contributed by atoms with Crippen LogP contribution >= 0.6 is 0 Å². The van der Waals surface area contributed by atoms with E-state index in [1.54, 1.807) is 18.2 Å². The number of nitriles is 1. The largest absolute Gasteiger partial charge is 0.385 e. The van der Waals surface area contributed by atoms with Gasteiger partial charge in [0, 0.05) is 17.9 Å². The van der Waals surface area contributed by atoms with Crippen LogP contribution in [0.1, 0.15) is 22.8 Å². The Bertz CT molecular complexity index is 656. The molecule has 4 heteroatoms. The van der Waals surface area contributed by atoms with E-state index in [1.165, 1.54) is 0 Å². The number of anilines is 2. The molecule has 0 aliphatic carbocycles. The van der Waals surface area contributed by atoms with E-state index in [0.29, 0.717) is 17.7 Å². The smallest absolute Gasteiger partial charge is 0.257 e. The van der Waals surface area contributed by atoms with Crippen molar-refractivity contribution in [1.82, 2.24) is 0 Å². The van der Waals surface area contributed by atoms with Crippen molar-refractivity contribution in [3.8, 4) is 6.07 Å². The molecule has 2 rings (SSSR count). The van der Waals surface area contributed by atoms with Crippen LogP contribution < -0.4 is 10.6 Å². The van der Waals surface area contributed by atoms with Gasteiger partial charge in [0.15, 0.2) is 0 Å². The van der Waals surface area contributed by atoms with Gasteiger partial charge in [-0.25, -0.2) is 0 Å². The molecule has 0 bridgehead atoms. The van der Waals surface area contributed by atoms with Gasteiger partial charge < -0.3 is 10.6 Å². The molecule has 0 unspecified atom stereocenters. The van der Waals surface area contributed by atoms with Gasteiger partial charge >= 0.3 is 0 Å². The van der Waals surface area contributed by atoms with E-state index in [2.05, 4.69) is 16.7 Å². The minimum atomic E-state index is -0.153. The third kappa shape index (κ3) is 3.83. The number of carbonyl (C=O) groups is 1. The van der Waals surface area contributed by atoms with Gasteiger partial charge in [-0.1, -0.05) is 24.3 Å². The highest BCUT2D eigenvalue weighted by Gasteiger charge is 2.10. The molecule has 0 heterocycles. The lowest BCUT2D eigenvalue weighted by atomic mass is 10.1. The van der Waals surface area contributed by atoms with Gasteiger partial charge in [0.05, 0.1) is 18.1 Å². The SMILES string of the molecule is CCNc1ccccc1C(=O)Nc1ccc(CC#N)cc1. The zero-order valence-corrected chi connectivity index (χ0v) is 11.9. The van der Waals surface area contributed by atoms with Crippen molar-refractivity contribution in [2.75, 3.05) is 17.2 Å². The number of nitrogens with one attached hydrogen (secondary N) is 2. The van der Waals surface area contributed by atoms with Crippen LogP contribution in [0.25, 0.3) is 0 Å². The van der Waals surface area contributed by atoms with Gasteiger partial charge in [0.1, 0.15) is 0 Å². The van der Waals surface area contributed by atoms with E-state index in [9.17, 15) is 4.79 Å². The van der Waals surface area contributed by atoms with Crippen molar-refractivity contribution in [2.24, 2.45) is 0 Å². The first kappa shape index (κ1) is 14.6. The molecule has 0 saturated carbocycles. The third-order valence-corrected chi connectivity index (χ3v) is 3.03. The fraction of sp³-hybridized carbons (Fsp3) is 0.176. The number of benzene rings is 2. The molecule has 0 radical (unpaired) electrons. The fourth-order valence-electron chi connectivity index (χ4n) is 2.02. The highest BCUT2D eigenvalue weighted by atomic mass is 16.1. The molecule has 0 spiro atoms. The van der Waals surface area contributed by atoms with Crippen LogP contribution in [0, 0.1) is 11.3 Å². The number of nitrogens with zero attached hydrogens (tertiary/aromatic N) is 1. The highest BCUT2D eigenvalue weighted by Crippen LogP contribution is 2.17. The summed E-state index contributed by atoms with van der Waals surface area (Å²) in [7, 11) is 0. The van der Waals surface area contributed by atoms with Gasteiger partial charge in [-0.05, 0) is 36.8 Å². The predicted octanol–water partition coefficient (Wildman–Crippen LogP) is 3.44. The van der Waals surface area contributed by atoms with Crippen LogP contribution in [0.4, 0.5) is 11.4 Å². The fourth-order valence-corrected chi connectivity index (χ4v) is 2.02. The lowest BCUT2D eigenvalue weighted by Crippen LogP contribution is -2.14. The molecule has 0 atom stereocenters. The van der Waals surface area contributed by atoms with Crippen LogP contribution in [0.3, 0.4) is 0 Å². The second-order valence-electron chi connectivity index (χ2n) is 4.56. The molecule has 0 fully saturated rings. The summed E-state index contributed by atoms with van der Waals surface area (Å²) in [6.07, 6.45) is 0.372. The molecule has 0 saturated heterocycles. The number of carbonyl (C=O) groups excluding carboxylic acids is 1. The first-order chi connectivity index (χ1) is 10.2. The maximum atomic E-state index is 12.3. The Labute approximate surface area is 124 Å². The standard InChI is InChI=1S/C17H17N3O/c1-2-19-16-6-4-3-5-15(16)17(21)20-14-9-7-13(8-10-14)11-12-18/h3-10,19H,2,11H2,1H3,(H,20,21). The molecule has 2 aromatic rings. The minimum absolute atomic E-state index is 0.153. The second-order valence-corrected chi connectivity index (χ2v) is 4.56. The van der Waals surface area contributed by atoms with Crippen molar-refractivity contribution >= 4 is 17.3 Å². The van der Waals surface area contributed by atoms with Crippen molar-refractivity contribution < 1.29 is 4.79 Å². The molecule has 0 aliphatic rings. The molecule has 4 nitrogen and oxygen atoms in total. The summed E-state index contributed by atoms with van der Waals surface area (Å²) in [5.41, 5.74) is 3.08. The third-order valence-electron chi connectivity index (χ3n) is 3.03. The van der Waals surface area contributed by atoms with Crippen molar-refractivity contribution in [1.29, 1.82) is 5.26 Å². The van der Waals surface area contributed by atoms with E-state index >= 15 is 0 Å². The lowest BCUT2D eigenvalue weighted by molar-refractivity contribution is 0.102. The summed E-state index contributed by atoms with van der Waals surface area (Å²) >= 11 is 0. The van der Waals surface area contributed by atoms with Gasteiger partial charge in [0.25, 0.3) is 5.91 Å². The molecular weight excluding hydrogens is 262 g/mol. The second kappa shape index (κ2) is 7.11. The first-order valence-corrected chi connectivity index (χ1v) is 6.84. The number of para-hydroxylation sites is 1. The topological polar surface area (TPSA) is 64.9 Å². The van der Waals surface area contributed by atoms with Gasteiger partial charge in [-0.3, -0.25) is 4.79 Å². The summed E-state index contributed by atoms with van der Waals surface area (Å²) in [5, 5.41) is 14.7. The summed E-state index contributed by atoms with van der Waals surface area (Å²) in [6, 6.07) is 16.8. The van der Waals surface area contributed by atoms with Crippen molar-refractivity contribution in [3.05, 3.63) is 59.7 Å². The Hall–Kier alpha value is -2.80. The molecule has 0 aliphatic heterocycles. The zero-order chi connectivity index (χ0) is 15.1. The molecule has 2 N–H and O–H groups in total. The van der Waals surface area contributed by atoms with Crippen LogP contribution in [0.15, 0.2) is 48.5 Å². The normalized spacial score (nSPS) is 9.71. The zero-order valence-electron chi connectivity index (χ0n) is 11.9. The number of hydrogen-bond donors (Lipinski definition) is 2. The van der Waals surface area contributed by atoms with Crippen molar-refractivity contribution in [2.45, 2.75) is 13.3 Å².